The number of anilines is 1. The summed E-state index contributed by atoms with van der Waals surface area (Å²) >= 11 is 0. The molecule has 3 N–H and O–H groups in total. The lowest BCUT2D eigenvalue weighted by Crippen LogP contribution is -2.30. The molecule has 0 heterocycles. The Morgan fingerprint density at radius 3 is 2.32 bits per heavy atom. The van der Waals surface area contributed by atoms with Crippen LogP contribution in [0.5, 0.6) is 0 Å². The molecule has 0 aliphatic carbocycles. The van der Waals surface area contributed by atoms with E-state index in [1.165, 1.54) is 6.20 Å². The van der Waals surface area contributed by atoms with Crippen LogP contribution in [0.15, 0.2) is 30.0 Å². The highest BCUT2D eigenvalue weighted by atomic mass is 16.4. The summed E-state index contributed by atoms with van der Waals surface area (Å²) in [5.74, 6) is -1.88. The molecular weight excluding hydrogens is 282 g/mol. The maximum atomic E-state index is 11.7. The van der Waals surface area contributed by atoms with Gasteiger partial charge in [-0.25, -0.2) is 0 Å². The second-order valence-corrected chi connectivity index (χ2v) is 4.55. The van der Waals surface area contributed by atoms with Crippen LogP contribution in [0, 0.1) is 11.3 Å². The van der Waals surface area contributed by atoms with Gasteiger partial charge in [0.05, 0.1) is 0 Å². The predicted molar refractivity (Wildman–Crippen MR) is 83.2 cm³/mol. The Morgan fingerprint density at radius 1 is 1.27 bits per heavy atom. The zero-order valence-corrected chi connectivity index (χ0v) is 12.6. The van der Waals surface area contributed by atoms with E-state index in [0.717, 1.165) is 29.7 Å². The number of hydrogen-bond donors (Lipinski definition) is 3. The zero-order valence-electron chi connectivity index (χ0n) is 12.6. The molecular formula is C16H19N3O3. The van der Waals surface area contributed by atoms with E-state index in [-0.39, 0.29) is 5.57 Å². The van der Waals surface area contributed by atoms with Crippen LogP contribution in [0.1, 0.15) is 25.0 Å². The fourth-order valence-corrected chi connectivity index (χ4v) is 1.97. The highest BCUT2D eigenvalue weighted by molar-refractivity contribution is 5.98. The van der Waals surface area contributed by atoms with Crippen LogP contribution in [0.4, 0.5) is 5.69 Å². The molecule has 0 aromatic heterocycles. The molecule has 0 fully saturated rings. The Bertz CT molecular complexity index is 608. The number of carbonyl (C=O) groups excluding carboxylic acids is 1. The first-order valence-corrected chi connectivity index (χ1v) is 7.01. The Labute approximate surface area is 129 Å². The summed E-state index contributed by atoms with van der Waals surface area (Å²) in [4.78, 5) is 22.1. The van der Waals surface area contributed by atoms with Crippen molar-refractivity contribution in [2.75, 3.05) is 11.9 Å². The zero-order chi connectivity index (χ0) is 16.5. The average Bonchev–Trinajstić information content (AvgIpc) is 2.53. The number of nitrogens with zero attached hydrogens (tertiary/aromatic N) is 1. The molecule has 0 bridgehead atoms. The summed E-state index contributed by atoms with van der Waals surface area (Å²) < 4.78 is 0. The minimum atomic E-state index is -1.16. The van der Waals surface area contributed by atoms with E-state index in [1.807, 2.05) is 32.0 Å². The summed E-state index contributed by atoms with van der Waals surface area (Å²) in [6.45, 7) is 3.52. The number of carboxylic acids is 1. The number of carbonyl (C=O) groups is 2. The molecule has 0 saturated carbocycles. The number of amides is 1. The van der Waals surface area contributed by atoms with Crippen molar-refractivity contribution < 1.29 is 14.7 Å². The van der Waals surface area contributed by atoms with Gasteiger partial charge in [0.2, 0.25) is 0 Å². The van der Waals surface area contributed by atoms with Crippen LogP contribution in [0.2, 0.25) is 0 Å². The van der Waals surface area contributed by atoms with Crippen molar-refractivity contribution in [3.8, 4) is 6.07 Å². The maximum Gasteiger partial charge on any atom is 0.322 e. The summed E-state index contributed by atoms with van der Waals surface area (Å²) in [6, 6.07) is 7.69. The number of benzene rings is 1. The van der Waals surface area contributed by atoms with Gasteiger partial charge in [-0.15, -0.1) is 0 Å². The SMILES string of the molecule is CCc1cccc(CC)c1N/C=C(/C#N)C(=O)NCC(=O)O. The minimum absolute atomic E-state index is 0.172. The molecule has 0 spiro atoms. The van der Waals surface area contributed by atoms with E-state index in [0.29, 0.717) is 0 Å². The molecule has 1 aromatic rings. The third kappa shape index (κ3) is 4.63. The summed E-state index contributed by atoms with van der Waals surface area (Å²) in [5, 5.41) is 22.7. The van der Waals surface area contributed by atoms with Crippen molar-refractivity contribution in [1.82, 2.24) is 5.32 Å². The van der Waals surface area contributed by atoms with E-state index in [1.54, 1.807) is 6.07 Å². The lowest BCUT2D eigenvalue weighted by molar-refractivity contribution is -0.137. The highest BCUT2D eigenvalue weighted by Gasteiger charge is 2.11. The number of aryl methyl sites for hydroxylation is 2. The molecule has 0 unspecified atom stereocenters. The van der Waals surface area contributed by atoms with Gasteiger partial charge in [0.1, 0.15) is 18.2 Å². The number of rotatable bonds is 7. The molecule has 0 aliphatic rings. The first-order chi connectivity index (χ1) is 10.5. The Balaban J connectivity index is 2.96. The Hall–Kier alpha value is -2.81. The molecule has 6 heteroatoms. The smallest absolute Gasteiger partial charge is 0.322 e. The number of aliphatic carboxylic acids is 1. The topological polar surface area (TPSA) is 102 Å². The van der Waals surface area contributed by atoms with Gasteiger partial charge in [0.15, 0.2) is 0 Å². The fraction of sp³-hybridized carbons (Fsp3) is 0.312. The van der Waals surface area contributed by atoms with Crippen molar-refractivity contribution in [2.45, 2.75) is 26.7 Å². The van der Waals surface area contributed by atoms with Gasteiger partial charge < -0.3 is 15.7 Å². The lowest BCUT2D eigenvalue weighted by atomic mass is 10.0. The molecule has 116 valence electrons. The summed E-state index contributed by atoms with van der Waals surface area (Å²) in [6.07, 6.45) is 2.94. The standard InChI is InChI=1S/C16H19N3O3/c1-3-11-6-5-7-12(4-2)15(11)18-9-13(8-17)16(22)19-10-14(20)21/h5-7,9,18H,3-4,10H2,1-2H3,(H,19,22)(H,20,21)/b13-9-. The van der Waals surface area contributed by atoms with Crippen molar-refractivity contribution in [1.29, 1.82) is 5.26 Å². The molecule has 0 radical (unpaired) electrons. The van der Waals surface area contributed by atoms with E-state index in [2.05, 4.69) is 10.6 Å². The monoisotopic (exact) mass is 301 g/mol. The number of para-hydroxylation sites is 1. The van der Waals surface area contributed by atoms with E-state index < -0.39 is 18.4 Å². The number of nitrogens with one attached hydrogen (secondary N) is 2. The fourth-order valence-electron chi connectivity index (χ4n) is 1.97. The summed E-state index contributed by atoms with van der Waals surface area (Å²) in [5.41, 5.74) is 2.87. The lowest BCUT2D eigenvalue weighted by Gasteiger charge is -2.13. The van der Waals surface area contributed by atoms with Crippen molar-refractivity contribution in [3.05, 3.63) is 41.1 Å². The van der Waals surface area contributed by atoms with Gasteiger partial charge in [0.25, 0.3) is 5.91 Å². The summed E-state index contributed by atoms with van der Waals surface area (Å²) in [7, 11) is 0. The van der Waals surface area contributed by atoms with Gasteiger partial charge in [0, 0.05) is 11.9 Å². The normalized spacial score (nSPS) is 10.7. The molecule has 0 aliphatic heterocycles. The van der Waals surface area contributed by atoms with Gasteiger partial charge in [-0.2, -0.15) is 5.26 Å². The van der Waals surface area contributed by atoms with Crippen LogP contribution in [0.3, 0.4) is 0 Å². The molecule has 22 heavy (non-hydrogen) atoms. The van der Waals surface area contributed by atoms with E-state index in [4.69, 9.17) is 10.4 Å². The quantitative estimate of drug-likeness (QED) is 0.527. The third-order valence-corrected chi connectivity index (χ3v) is 3.12. The highest BCUT2D eigenvalue weighted by Crippen LogP contribution is 2.22. The van der Waals surface area contributed by atoms with Crippen molar-refractivity contribution in [3.63, 3.8) is 0 Å². The van der Waals surface area contributed by atoms with Gasteiger partial charge in [-0.3, -0.25) is 9.59 Å². The molecule has 0 saturated heterocycles. The molecule has 0 atom stereocenters. The van der Waals surface area contributed by atoms with E-state index >= 15 is 0 Å². The molecule has 1 rings (SSSR count). The third-order valence-electron chi connectivity index (χ3n) is 3.12. The van der Waals surface area contributed by atoms with Crippen LogP contribution >= 0.6 is 0 Å². The largest absolute Gasteiger partial charge is 0.480 e. The van der Waals surface area contributed by atoms with Gasteiger partial charge in [-0.05, 0) is 24.0 Å². The second kappa shape index (κ2) is 8.47. The van der Waals surface area contributed by atoms with Crippen LogP contribution in [-0.4, -0.2) is 23.5 Å². The van der Waals surface area contributed by atoms with Crippen LogP contribution < -0.4 is 10.6 Å². The molecule has 1 aromatic carbocycles. The minimum Gasteiger partial charge on any atom is -0.480 e. The van der Waals surface area contributed by atoms with Crippen molar-refractivity contribution >= 4 is 17.6 Å². The second-order valence-electron chi connectivity index (χ2n) is 4.55. The first-order valence-electron chi connectivity index (χ1n) is 7.01. The van der Waals surface area contributed by atoms with Crippen LogP contribution in [-0.2, 0) is 22.4 Å². The Kier molecular flexibility index (Phi) is 6.64. The van der Waals surface area contributed by atoms with Crippen LogP contribution in [0.25, 0.3) is 0 Å². The molecule has 1 amide bonds. The van der Waals surface area contributed by atoms with Gasteiger partial charge >= 0.3 is 5.97 Å². The average molecular weight is 301 g/mol. The first kappa shape index (κ1) is 17.2. The number of hydrogen-bond acceptors (Lipinski definition) is 4. The Morgan fingerprint density at radius 2 is 1.86 bits per heavy atom. The maximum absolute atomic E-state index is 11.7. The number of nitriles is 1. The predicted octanol–water partition coefficient (Wildman–Crippen LogP) is 1.83. The molecule has 6 nitrogen and oxygen atoms in total. The van der Waals surface area contributed by atoms with E-state index in [9.17, 15) is 9.59 Å². The van der Waals surface area contributed by atoms with Gasteiger partial charge in [-0.1, -0.05) is 32.0 Å². The van der Waals surface area contributed by atoms with Crippen molar-refractivity contribution in [2.24, 2.45) is 0 Å². The number of carboxylic acid groups (broad SMARTS) is 1.